The summed E-state index contributed by atoms with van der Waals surface area (Å²) < 4.78 is 0. The molecule has 0 unspecified atom stereocenters. The first-order chi connectivity index (χ1) is 13.3. The summed E-state index contributed by atoms with van der Waals surface area (Å²) in [4.78, 5) is 15.8. The molecular formula is C22H30N6. The molecular weight excluding hydrogens is 348 g/mol. The van der Waals surface area contributed by atoms with Gasteiger partial charge in [0.05, 0.1) is 11.2 Å². The van der Waals surface area contributed by atoms with Gasteiger partial charge < -0.3 is 16.0 Å². The zero-order valence-corrected chi connectivity index (χ0v) is 17.4. The zero-order chi connectivity index (χ0) is 20.3. The van der Waals surface area contributed by atoms with Crippen LogP contribution in [0.5, 0.6) is 0 Å². The van der Waals surface area contributed by atoms with Crippen molar-refractivity contribution < 1.29 is 0 Å². The van der Waals surface area contributed by atoms with Crippen LogP contribution < -0.4 is 16.0 Å². The van der Waals surface area contributed by atoms with E-state index >= 15 is 0 Å². The van der Waals surface area contributed by atoms with E-state index in [0.29, 0.717) is 23.3 Å². The summed E-state index contributed by atoms with van der Waals surface area (Å²) in [6, 6.07) is 10.1. The van der Waals surface area contributed by atoms with Gasteiger partial charge in [-0.3, -0.25) is 4.98 Å². The maximum Gasteiger partial charge on any atom is 0.159 e. The highest BCUT2D eigenvalue weighted by Gasteiger charge is 2.18. The molecule has 0 saturated heterocycles. The fourth-order valence-electron chi connectivity index (χ4n) is 3.34. The van der Waals surface area contributed by atoms with Crippen LogP contribution in [0.3, 0.4) is 0 Å². The molecule has 1 aromatic carbocycles. The van der Waals surface area contributed by atoms with Gasteiger partial charge in [0, 0.05) is 24.2 Å². The third-order valence-corrected chi connectivity index (χ3v) is 4.45. The third kappa shape index (κ3) is 4.50. The predicted octanol–water partition coefficient (Wildman–Crippen LogP) is 4.78. The van der Waals surface area contributed by atoms with Crippen LogP contribution in [-0.2, 0) is 0 Å². The smallest absolute Gasteiger partial charge is 0.159 e. The Balaban J connectivity index is 1.98. The molecule has 0 radical (unpaired) electrons. The van der Waals surface area contributed by atoms with Crippen molar-refractivity contribution in [3.05, 3.63) is 42.4 Å². The minimum atomic E-state index is 0.509. The molecule has 0 spiro atoms. The number of aryl methyl sites for hydroxylation is 1. The second-order valence-corrected chi connectivity index (χ2v) is 8.11. The van der Waals surface area contributed by atoms with E-state index in [4.69, 9.17) is 5.73 Å². The fourth-order valence-corrected chi connectivity index (χ4v) is 3.34. The summed E-state index contributed by atoms with van der Waals surface area (Å²) in [7, 11) is 0. The normalized spacial score (nSPS) is 11.4. The first kappa shape index (κ1) is 19.9. The van der Waals surface area contributed by atoms with Crippen LogP contribution in [0.2, 0.25) is 0 Å². The number of anilines is 4. The largest absolute Gasteiger partial charge is 0.393 e. The molecule has 0 atom stereocenters. The van der Waals surface area contributed by atoms with Gasteiger partial charge >= 0.3 is 0 Å². The number of nitrogen functional groups attached to an aromatic ring is 1. The first-order valence-corrected chi connectivity index (χ1v) is 9.84. The number of benzene rings is 1. The summed E-state index contributed by atoms with van der Waals surface area (Å²) in [5.41, 5.74) is 9.83. The summed E-state index contributed by atoms with van der Waals surface area (Å²) in [6.07, 6.45) is 1.57. The Morgan fingerprint density at radius 2 is 1.71 bits per heavy atom. The van der Waals surface area contributed by atoms with E-state index in [1.54, 1.807) is 6.33 Å². The third-order valence-electron chi connectivity index (χ3n) is 4.45. The second-order valence-electron chi connectivity index (χ2n) is 8.11. The molecule has 0 amide bonds. The highest BCUT2D eigenvalue weighted by atomic mass is 15.2. The lowest BCUT2D eigenvalue weighted by molar-refractivity contribution is 0.549. The van der Waals surface area contributed by atoms with Gasteiger partial charge in [0.25, 0.3) is 0 Å². The van der Waals surface area contributed by atoms with Gasteiger partial charge in [0.2, 0.25) is 0 Å². The van der Waals surface area contributed by atoms with Crippen LogP contribution in [0.4, 0.5) is 23.0 Å². The molecule has 0 aliphatic rings. The van der Waals surface area contributed by atoms with Gasteiger partial charge in [0.15, 0.2) is 11.6 Å². The molecule has 0 aliphatic carbocycles. The lowest BCUT2D eigenvalue weighted by Crippen LogP contribution is -2.32. The summed E-state index contributed by atoms with van der Waals surface area (Å²) in [5, 5.41) is 4.45. The molecule has 148 valence electrons. The van der Waals surface area contributed by atoms with Crippen molar-refractivity contribution in [1.29, 1.82) is 0 Å². The molecule has 3 N–H and O–H groups in total. The quantitative estimate of drug-likeness (QED) is 0.616. The Labute approximate surface area is 167 Å². The van der Waals surface area contributed by atoms with Crippen LogP contribution in [0, 0.1) is 18.8 Å². The molecule has 28 heavy (non-hydrogen) atoms. The standard InChI is InChI=1S/C22H30N6/c1-14(2)11-28(12-15(3)4)22-19(23)21(24-13-25-22)27-18-8-6-7-17-10-9-16(5)26-20(17)18/h6-10,13-15H,11-12,23H2,1-5H3,(H,24,25,27). The minimum absolute atomic E-state index is 0.509. The molecule has 0 aliphatic heterocycles. The van der Waals surface area contributed by atoms with Crippen molar-refractivity contribution in [2.75, 3.05) is 29.0 Å². The number of nitrogens with two attached hydrogens (primary N) is 1. The van der Waals surface area contributed by atoms with Gasteiger partial charge in [-0.15, -0.1) is 0 Å². The number of rotatable bonds is 7. The molecule has 3 aromatic rings. The minimum Gasteiger partial charge on any atom is -0.393 e. The molecule has 0 fully saturated rings. The Kier molecular flexibility index (Phi) is 5.97. The van der Waals surface area contributed by atoms with Gasteiger partial charge in [-0.05, 0) is 30.9 Å². The van der Waals surface area contributed by atoms with Crippen LogP contribution in [0.15, 0.2) is 36.7 Å². The lowest BCUT2D eigenvalue weighted by Gasteiger charge is -2.28. The Bertz CT molecular complexity index is 941. The average Bonchev–Trinajstić information content (AvgIpc) is 2.62. The Hall–Kier alpha value is -2.89. The number of para-hydroxylation sites is 1. The molecule has 2 aromatic heterocycles. The lowest BCUT2D eigenvalue weighted by atomic mass is 10.1. The van der Waals surface area contributed by atoms with E-state index in [1.165, 1.54) is 0 Å². The molecule has 6 nitrogen and oxygen atoms in total. The Morgan fingerprint density at radius 3 is 2.39 bits per heavy atom. The molecule has 3 rings (SSSR count). The number of hydrogen-bond donors (Lipinski definition) is 2. The molecule has 0 bridgehead atoms. The highest BCUT2D eigenvalue weighted by molar-refractivity contribution is 5.93. The maximum atomic E-state index is 6.51. The number of hydrogen-bond acceptors (Lipinski definition) is 6. The van der Waals surface area contributed by atoms with Gasteiger partial charge in [-0.2, -0.15) is 0 Å². The van der Waals surface area contributed by atoms with Crippen LogP contribution in [0.25, 0.3) is 10.9 Å². The zero-order valence-electron chi connectivity index (χ0n) is 17.4. The van der Waals surface area contributed by atoms with Crippen molar-refractivity contribution in [2.45, 2.75) is 34.6 Å². The number of fused-ring (bicyclic) bond motifs is 1. The van der Waals surface area contributed by atoms with E-state index in [9.17, 15) is 0 Å². The fraction of sp³-hybridized carbons (Fsp3) is 0.409. The summed E-state index contributed by atoms with van der Waals surface area (Å²) in [6.45, 7) is 12.6. The van der Waals surface area contributed by atoms with E-state index in [1.807, 2.05) is 25.1 Å². The number of nitrogens with one attached hydrogen (secondary N) is 1. The topological polar surface area (TPSA) is 80.0 Å². The molecule has 0 saturated carbocycles. The summed E-state index contributed by atoms with van der Waals surface area (Å²) in [5.74, 6) is 2.41. The number of nitrogens with zero attached hydrogens (tertiary/aromatic N) is 4. The van der Waals surface area contributed by atoms with E-state index in [-0.39, 0.29) is 0 Å². The van der Waals surface area contributed by atoms with Gasteiger partial charge in [-0.25, -0.2) is 9.97 Å². The van der Waals surface area contributed by atoms with E-state index in [2.05, 4.69) is 65.0 Å². The van der Waals surface area contributed by atoms with Crippen molar-refractivity contribution in [3.8, 4) is 0 Å². The highest BCUT2D eigenvalue weighted by Crippen LogP contribution is 2.31. The maximum absolute atomic E-state index is 6.51. The van der Waals surface area contributed by atoms with Crippen LogP contribution in [0.1, 0.15) is 33.4 Å². The first-order valence-electron chi connectivity index (χ1n) is 9.84. The molecule has 6 heteroatoms. The second kappa shape index (κ2) is 8.42. The number of pyridine rings is 1. The Morgan fingerprint density at radius 1 is 1.00 bits per heavy atom. The van der Waals surface area contributed by atoms with Crippen molar-refractivity contribution in [1.82, 2.24) is 15.0 Å². The van der Waals surface area contributed by atoms with Crippen LogP contribution >= 0.6 is 0 Å². The monoisotopic (exact) mass is 378 g/mol. The van der Waals surface area contributed by atoms with Gasteiger partial charge in [0.1, 0.15) is 12.0 Å². The SMILES string of the molecule is Cc1ccc2cccc(Nc3ncnc(N(CC(C)C)CC(C)C)c3N)c2n1. The average molecular weight is 379 g/mol. The molecule has 2 heterocycles. The van der Waals surface area contributed by atoms with E-state index < -0.39 is 0 Å². The van der Waals surface area contributed by atoms with Crippen LogP contribution in [-0.4, -0.2) is 28.0 Å². The summed E-state index contributed by atoms with van der Waals surface area (Å²) >= 11 is 0. The van der Waals surface area contributed by atoms with Crippen molar-refractivity contribution in [2.24, 2.45) is 11.8 Å². The van der Waals surface area contributed by atoms with Crippen molar-refractivity contribution in [3.63, 3.8) is 0 Å². The van der Waals surface area contributed by atoms with Crippen molar-refractivity contribution >= 4 is 33.9 Å². The predicted molar refractivity (Wildman–Crippen MR) is 118 cm³/mol. The van der Waals surface area contributed by atoms with E-state index in [0.717, 1.165) is 41.2 Å². The number of aromatic nitrogens is 3. The van der Waals surface area contributed by atoms with Gasteiger partial charge in [-0.1, -0.05) is 45.9 Å².